The molecule has 0 unspecified atom stereocenters. The SMILES string of the molecule is CCN(C)CCN(CC(=O)O)C(C)=O. The van der Waals surface area contributed by atoms with Crippen LogP contribution < -0.4 is 0 Å². The second-order valence-corrected chi connectivity index (χ2v) is 3.23. The lowest BCUT2D eigenvalue weighted by atomic mass is 10.4. The first-order valence-electron chi connectivity index (χ1n) is 4.63. The molecule has 0 atom stereocenters. The maximum atomic E-state index is 11.0. The summed E-state index contributed by atoms with van der Waals surface area (Å²) in [6, 6.07) is 0. The molecule has 0 rings (SSSR count). The molecule has 5 nitrogen and oxygen atoms in total. The molecule has 0 aliphatic carbocycles. The van der Waals surface area contributed by atoms with E-state index in [1.807, 2.05) is 18.9 Å². The van der Waals surface area contributed by atoms with E-state index in [1.165, 1.54) is 11.8 Å². The van der Waals surface area contributed by atoms with Crippen LogP contribution in [0.1, 0.15) is 13.8 Å². The Morgan fingerprint density at radius 1 is 1.29 bits per heavy atom. The molecule has 14 heavy (non-hydrogen) atoms. The van der Waals surface area contributed by atoms with Gasteiger partial charge in [0.1, 0.15) is 6.54 Å². The van der Waals surface area contributed by atoms with Crippen LogP contribution in [-0.4, -0.2) is 60.0 Å². The first-order valence-corrected chi connectivity index (χ1v) is 4.63. The van der Waals surface area contributed by atoms with E-state index in [-0.39, 0.29) is 12.5 Å². The molecule has 0 aliphatic rings. The van der Waals surface area contributed by atoms with Gasteiger partial charge in [0.05, 0.1) is 0 Å². The molecule has 0 radical (unpaired) electrons. The quantitative estimate of drug-likeness (QED) is 0.652. The number of carboxylic acids is 1. The minimum atomic E-state index is -0.973. The van der Waals surface area contributed by atoms with Crippen LogP contribution >= 0.6 is 0 Å². The monoisotopic (exact) mass is 202 g/mol. The van der Waals surface area contributed by atoms with Crippen molar-refractivity contribution < 1.29 is 14.7 Å². The molecule has 0 heterocycles. The maximum absolute atomic E-state index is 11.0. The molecule has 82 valence electrons. The molecule has 0 aliphatic heterocycles. The summed E-state index contributed by atoms with van der Waals surface area (Å²) in [7, 11) is 1.93. The van der Waals surface area contributed by atoms with E-state index in [9.17, 15) is 9.59 Å². The van der Waals surface area contributed by atoms with Gasteiger partial charge in [-0.25, -0.2) is 0 Å². The van der Waals surface area contributed by atoms with Crippen molar-refractivity contribution in [2.24, 2.45) is 0 Å². The second-order valence-electron chi connectivity index (χ2n) is 3.23. The van der Waals surface area contributed by atoms with Gasteiger partial charge in [-0.2, -0.15) is 0 Å². The molecule has 0 fully saturated rings. The van der Waals surface area contributed by atoms with Crippen LogP contribution in [0.2, 0.25) is 0 Å². The third kappa shape index (κ3) is 5.53. The fourth-order valence-electron chi connectivity index (χ4n) is 0.961. The van der Waals surface area contributed by atoms with Crippen molar-refractivity contribution in [1.82, 2.24) is 9.80 Å². The lowest BCUT2D eigenvalue weighted by molar-refractivity contribution is -0.143. The van der Waals surface area contributed by atoms with Gasteiger partial charge in [-0.05, 0) is 13.6 Å². The largest absolute Gasteiger partial charge is 0.480 e. The van der Waals surface area contributed by atoms with Crippen LogP contribution in [0, 0.1) is 0 Å². The fraction of sp³-hybridized carbons (Fsp3) is 0.778. The number of rotatable bonds is 6. The summed E-state index contributed by atoms with van der Waals surface area (Å²) >= 11 is 0. The van der Waals surface area contributed by atoms with Crippen molar-refractivity contribution in [1.29, 1.82) is 0 Å². The Morgan fingerprint density at radius 2 is 1.86 bits per heavy atom. The minimum absolute atomic E-state index is 0.197. The summed E-state index contributed by atoms with van der Waals surface area (Å²) < 4.78 is 0. The van der Waals surface area contributed by atoms with Crippen LogP contribution in [0.5, 0.6) is 0 Å². The van der Waals surface area contributed by atoms with Gasteiger partial charge in [-0.1, -0.05) is 6.92 Å². The zero-order chi connectivity index (χ0) is 11.1. The number of carbonyl (C=O) groups excluding carboxylic acids is 1. The van der Waals surface area contributed by atoms with E-state index in [1.54, 1.807) is 0 Å². The Balaban J connectivity index is 3.97. The number of amides is 1. The van der Waals surface area contributed by atoms with Crippen LogP contribution in [0.15, 0.2) is 0 Å². The van der Waals surface area contributed by atoms with Gasteiger partial charge < -0.3 is 14.9 Å². The minimum Gasteiger partial charge on any atom is -0.480 e. The molecule has 0 aromatic heterocycles. The molecule has 0 bridgehead atoms. The summed E-state index contributed by atoms with van der Waals surface area (Å²) in [5.41, 5.74) is 0. The number of hydrogen-bond acceptors (Lipinski definition) is 3. The van der Waals surface area contributed by atoms with E-state index in [4.69, 9.17) is 5.11 Å². The molecule has 0 saturated heterocycles. The summed E-state index contributed by atoms with van der Waals surface area (Å²) in [5, 5.41) is 8.55. The normalized spacial score (nSPS) is 10.3. The second kappa shape index (κ2) is 6.37. The summed E-state index contributed by atoms with van der Waals surface area (Å²) in [4.78, 5) is 24.8. The van der Waals surface area contributed by atoms with Crippen molar-refractivity contribution in [2.75, 3.05) is 33.2 Å². The van der Waals surface area contributed by atoms with Crippen molar-refractivity contribution in [3.8, 4) is 0 Å². The highest BCUT2D eigenvalue weighted by Crippen LogP contribution is 1.91. The van der Waals surface area contributed by atoms with E-state index >= 15 is 0 Å². The predicted octanol–water partition coefficient (Wildman–Crippen LogP) is -0.129. The topological polar surface area (TPSA) is 60.9 Å². The van der Waals surface area contributed by atoms with Gasteiger partial charge in [0.25, 0.3) is 0 Å². The number of carbonyl (C=O) groups is 2. The lowest BCUT2D eigenvalue weighted by Gasteiger charge is -2.22. The molecule has 0 saturated carbocycles. The Labute approximate surface area is 84.3 Å². The molecule has 0 spiro atoms. The third-order valence-corrected chi connectivity index (χ3v) is 2.06. The molecule has 5 heteroatoms. The Morgan fingerprint density at radius 3 is 2.21 bits per heavy atom. The van der Waals surface area contributed by atoms with Crippen molar-refractivity contribution in [3.63, 3.8) is 0 Å². The molecule has 0 aromatic rings. The van der Waals surface area contributed by atoms with E-state index in [0.717, 1.165) is 6.54 Å². The Hall–Kier alpha value is -1.10. The third-order valence-electron chi connectivity index (χ3n) is 2.06. The molecule has 0 aromatic carbocycles. The van der Waals surface area contributed by atoms with Gasteiger partial charge >= 0.3 is 5.97 Å². The smallest absolute Gasteiger partial charge is 0.323 e. The van der Waals surface area contributed by atoms with Gasteiger partial charge in [0.2, 0.25) is 5.91 Å². The standard InChI is InChI=1S/C9H18N2O3/c1-4-10(3)5-6-11(8(2)12)7-9(13)14/h4-7H2,1-3H3,(H,13,14). The predicted molar refractivity (Wildman–Crippen MR) is 53.1 cm³/mol. The highest BCUT2D eigenvalue weighted by atomic mass is 16.4. The maximum Gasteiger partial charge on any atom is 0.323 e. The van der Waals surface area contributed by atoms with Gasteiger partial charge in [0, 0.05) is 20.0 Å². The molecule has 1 N–H and O–H groups in total. The number of nitrogens with zero attached hydrogens (tertiary/aromatic N) is 2. The number of carboxylic acid groups (broad SMARTS) is 1. The van der Waals surface area contributed by atoms with E-state index < -0.39 is 5.97 Å². The molecular formula is C9H18N2O3. The van der Waals surface area contributed by atoms with E-state index in [0.29, 0.717) is 13.1 Å². The van der Waals surface area contributed by atoms with Crippen LogP contribution in [-0.2, 0) is 9.59 Å². The lowest BCUT2D eigenvalue weighted by Crippen LogP contribution is -2.39. The average molecular weight is 202 g/mol. The summed E-state index contributed by atoms with van der Waals surface area (Å²) in [5.74, 6) is -1.17. The van der Waals surface area contributed by atoms with Crippen LogP contribution in [0.3, 0.4) is 0 Å². The Bertz CT molecular complexity index is 206. The van der Waals surface area contributed by atoms with Gasteiger partial charge in [0.15, 0.2) is 0 Å². The van der Waals surface area contributed by atoms with Crippen molar-refractivity contribution >= 4 is 11.9 Å². The van der Waals surface area contributed by atoms with Crippen molar-refractivity contribution in [2.45, 2.75) is 13.8 Å². The summed E-state index contributed by atoms with van der Waals surface area (Å²) in [6.07, 6.45) is 0. The first-order chi connectivity index (χ1) is 6.47. The number of likely N-dealkylation sites (N-methyl/N-ethyl adjacent to an activating group) is 1. The molecular weight excluding hydrogens is 184 g/mol. The van der Waals surface area contributed by atoms with Crippen LogP contribution in [0.4, 0.5) is 0 Å². The zero-order valence-electron chi connectivity index (χ0n) is 8.99. The van der Waals surface area contributed by atoms with Crippen LogP contribution in [0.25, 0.3) is 0 Å². The highest BCUT2D eigenvalue weighted by molar-refractivity contribution is 5.79. The fourth-order valence-corrected chi connectivity index (χ4v) is 0.961. The Kier molecular flexibility index (Phi) is 5.87. The highest BCUT2D eigenvalue weighted by Gasteiger charge is 2.12. The average Bonchev–Trinajstić information content (AvgIpc) is 2.10. The van der Waals surface area contributed by atoms with Gasteiger partial charge in [-0.15, -0.1) is 0 Å². The number of aliphatic carboxylic acids is 1. The van der Waals surface area contributed by atoms with E-state index in [2.05, 4.69) is 0 Å². The van der Waals surface area contributed by atoms with Crippen molar-refractivity contribution in [3.05, 3.63) is 0 Å². The first kappa shape index (κ1) is 12.9. The molecule has 1 amide bonds. The summed E-state index contributed by atoms with van der Waals surface area (Å²) in [6.45, 7) is 5.23. The van der Waals surface area contributed by atoms with Gasteiger partial charge in [-0.3, -0.25) is 9.59 Å². The number of hydrogen-bond donors (Lipinski definition) is 1. The zero-order valence-corrected chi connectivity index (χ0v) is 8.99.